The topological polar surface area (TPSA) is 19.9 Å². The minimum Gasteiger partial charge on any atom is -0.290 e. The van der Waals surface area contributed by atoms with Crippen molar-refractivity contribution in [1.29, 1.82) is 0 Å². The van der Waals surface area contributed by atoms with Gasteiger partial charge in [-0.2, -0.15) is 0 Å². The Bertz CT molecular complexity index is 291. The molecular weight excluding hydrogens is 184 g/mol. The highest BCUT2D eigenvalue weighted by Gasteiger charge is 2.07. The van der Waals surface area contributed by atoms with Crippen molar-refractivity contribution in [3.8, 4) is 5.75 Å². The highest BCUT2D eigenvalue weighted by Crippen LogP contribution is 2.25. The minimum absolute atomic E-state index is 0.233. The molecule has 0 bridgehead atoms. The molecule has 0 aliphatic rings. The number of hydrogen-bond donors (Lipinski definition) is 0. The largest absolute Gasteiger partial charge is 0.290 e. The van der Waals surface area contributed by atoms with E-state index in [1.807, 2.05) is 6.07 Å². The lowest BCUT2D eigenvalue weighted by Crippen LogP contribution is -1.95. The SMILES string of the molecule is CCCCc1cccc([O])c1CCCC. The van der Waals surface area contributed by atoms with Crippen molar-refractivity contribution in [3.05, 3.63) is 29.3 Å². The molecule has 0 fully saturated rings. The van der Waals surface area contributed by atoms with Crippen LogP contribution in [-0.2, 0) is 17.9 Å². The van der Waals surface area contributed by atoms with Crippen LogP contribution < -0.4 is 0 Å². The Balaban J connectivity index is 2.77. The standard InChI is InChI=1S/C14H21O/c1-3-5-8-12-9-7-11-14(15)13(12)10-6-4-2/h7,9,11H,3-6,8,10H2,1-2H3. The van der Waals surface area contributed by atoms with Crippen molar-refractivity contribution < 1.29 is 5.11 Å². The summed E-state index contributed by atoms with van der Waals surface area (Å²) in [6.07, 6.45) is 6.67. The molecule has 1 aromatic rings. The van der Waals surface area contributed by atoms with Crippen molar-refractivity contribution in [2.75, 3.05) is 0 Å². The van der Waals surface area contributed by atoms with Gasteiger partial charge in [-0.3, -0.25) is 5.11 Å². The Labute approximate surface area is 93.1 Å². The minimum atomic E-state index is 0.233. The van der Waals surface area contributed by atoms with Gasteiger partial charge in [-0.15, -0.1) is 0 Å². The van der Waals surface area contributed by atoms with E-state index in [-0.39, 0.29) is 5.75 Å². The van der Waals surface area contributed by atoms with E-state index in [0.29, 0.717) is 0 Å². The molecule has 0 N–H and O–H groups in total. The van der Waals surface area contributed by atoms with Crippen molar-refractivity contribution in [2.24, 2.45) is 0 Å². The van der Waals surface area contributed by atoms with Crippen LogP contribution in [0.4, 0.5) is 0 Å². The molecule has 1 aromatic carbocycles. The molecule has 1 rings (SSSR count). The molecule has 0 atom stereocenters. The van der Waals surface area contributed by atoms with Gasteiger partial charge < -0.3 is 0 Å². The third-order valence-electron chi connectivity index (χ3n) is 2.81. The molecule has 1 nitrogen and oxygen atoms in total. The van der Waals surface area contributed by atoms with Crippen LogP contribution in [0.1, 0.15) is 50.7 Å². The van der Waals surface area contributed by atoms with Crippen LogP contribution in [0.15, 0.2) is 18.2 Å². The number of unbranched alkanes of at least 4 members (excludes halogenated alkanes) is 2. The average Bonchev–Trinajstić information content (AvgIpc) is 2.25. The smallest absolute Gasteiger partial charge is 0.182 e. The summed E-state index contributed by atoms with van der Waals surface area (Å²) in [5.41, 5.74) is 2.34. The number of benzene rings is 1. The lowest BCUT2D eigenvalue weighted by Gasteiger charge is -2.09. The van der Waals surface area contributed by atoms with Gasteiger partial charge in [0, 0.05) is 5.56 Å². The summed E-state index contributed by atoms with van der Waals surface area (Å²) >= 11 is 0. The first-order chi connectivity index (χ1) is 7.29. The van der Waals surface area contributed by atoms with Crippen LogP contribution in [-0.4, -0.2) is 0 Å². The van der Waals surface area contributed by atoms with Crippen molar-refractivity contribution in [3.63, 3.8) is 0 Å². The lowest BCUT2D eigenvalue weighted by molar-refractivity contribution is 0.348. The Hall–Kier alpha value is -0.980. The third kappa shape index (κ3) is 3.58. The van der Waals surface area contributed by atoms with E-state index in [2.05, 4.69) is 19.9 Å². The van der Waals surface area contributed by atoms with E-state index < -0.39 is 0 Å². The molecule has 0 aliphatic heterocycles. The van der Waals surface area contributed by atoms with Crippen LogP contribution in [0.5, 0.6) is 5.75 Å². The van der Waals surface area contributed by atoms with Crippen LogP contribution in [0.25, 0.3) is 0 Å². The Kier molecular flexibility index (Phi) is 5.23. The fourth-order valence-electron chi connectivity index (χ4n) is 1.85. The second-order valence-electron chi connectivity index (χ2n) is 4.10. The summed E-state index contributed by atoms with van der Waals surface area (Å²) < 4.78 is 0. The predicted molar refractivity (Wildman–Crippen MR) is 63.8 cm³/mol. The second-order valence-corrected chi connectivity index (χ2v) is 4.10. The molecule has 0 aliphatic carbocycles. The number of hydrogen-bond acceptors (Lipinski definition) is 0. The lowest BCUT2D eigenvalue weighted by atomic mass is 9.97. The summed E-state index contributed by atoms with van der Waals surface area (Å²) in [5, 5.41) is 11.7. The highest BCUT2D eigenvalue weighted by molar-refractivity contribution is 5.39. The van der Waals surface area contributed by atoms with E-state index >= 15 is 0 Å². The zero-order valence-corrected chi connectivity index (χ0v) is 9.88. The van der Waals surface area contributed by atoms with Gasteiger partial charge in [-0.05, 0) is 37.3 Å². The monoisotopic (exact) mass is 205 g/mol. The molecule has 0 saturated carbocycles. The van der Waals surface area contributed by atoms with Crippen molar-refractivity contribution in [2.45, 2.75) is 52.4 Å². The van der Waals surface area contributed by atoms with Crippen LogP contribution >= 0.6 is 0 Å². The molecule has 0 heterocycles. The van der Waals surface area contributed by atoms with Gasteiger partial charge in [0.25, 0.3) is 0 Å². The maximum atomic E-state index is 11.7. The van der Waals surface area contributed by atoms with Gasteiger partial charge in [0.2, 0.25) is 0 Å². The van der Waals surface area contributed by atoms with Gasteiger partial charge >= 0.3 is 0 Å². The fraction of sp³-hybridized carbons (Fsp3) is 0.571. The summed E-state index contributed by atoms with van der Waals surface area (Å²) in [4.78, 5) is 0. The first kappa shape index (κ1) is 12.1. The summed E-state index contributed by atoms with van der Waals surface area (Å²) in [6, 6.07) is 5.70. The zero-order chi connectivity index (χ0) is 11.1. The van der Waals surface area contributed by atoms with Crippen LogP contribution in [0.2, 0.25) is 0 Å². The molecule has 0 unspecified atom stereocenters. The van der Waals surface area contributed by atoms with Gasteiger partial charge in [-0.1, -0.05) is 38.8 Å². The van der Waals surface area contributed by atoms with E-state index in [1.165, 1.54) is 18.4 Å². The summed E-state index contributed by atoms with van der Waals surface area (Å²) in [5.74, 6) is 0.233. The van der Waals surface area contributed by atoms with Gasteiger partial charge in [0.15, 0.2) is 5.75 Å². The molecule has 1 radical (unpaired) electrons. The Morgan fingerprint density at radius 2 is 1.67 bits per heavy atom. The van der Waals surface area contributed by atoms with Crippen LogP contribution in [0.3, 0.4) is 0 Å². The Morgan fingerprint density at radius 1 is 1.00 bits per heavy atom. The maximum Gasteiger partial charge on any atom is 0.182 e. The number of aryl methyl sites for hydroxylation is 1. The Morgan fingerprint density at radius 3 is 2.33 bits per heavy atom. The van der Waals surface area contributed by atoms with E-state index in [1.54, 1.807) is 6.07 Å². The molecule has 0 spiro atoms. The number of rotatable bonds is 6. The van der Waals surface area contributed by atoms with Gasteiger partial charge in [0.05, 0.1) is 0 Å². The molecule has 0 saturated heterocycles. The molecule has 0 aromatic heterocycles. The summed E-state index contributed by atoms with van der Waals surface area (Å²) in [7, 11) is 0. The van der Waals surface area contributed by atoms with Crippen molar-refractivity contribution >= 4 is 0 Å². The van der Waals surface area contributed by atoms with E-state index in [0.717, 1.165) is 31.2 Å². The molecule has 83 valence electrons. The normalized spacial score (nSPS) is 10.5. The first-order valence-electron chi connectivity index (χ1n) is 6.07. The zero-order valence-electron chi connectivity index (χ0n) is 9.88. The molecule has 15 heavy (non-hydrogen) atoms. The molecule has 0 amide bonds. The maximum absolute atomic E-state index is 11.7. The first-order valence-corrected chi connectivity index (χ1v) is 6.07. The van der Waals surface area contributed by atoms with Gasteiger partial charge in [0.1, 0.15) is 0 Å². The molecule has 1 heteroatoms. The predicted octanol–water partition coefficient (Wildman–Crippen LogP) is 4.52. The van der Waals surface area contributed by atoms with Crippen LogP contribution in [0, 0.1) is 0 Å². The van der Waals surface area contributed by atoms with E-state index in [9.17, 15) is 5.11 Å². The third-order valence-corrected chi connectivity index (χ3v) is 2.81. The summed E-state index contributed by atoms with van der Waals surface area (Å²) in [6.45, 7) is 4.35. The van der Waals surface area contributed by atoms with Gasteiger partial charge in [-0.25, -0.2) is 0 Å². The quantitative estimate of drug-likeness (QED) is 0.651. The highest BCUT2D eigenvalue weighted by atomic mass is 16.3. The average molecular weight is 205 g/mol. The van der Waals surface area contributed by atoms with E-state index in [4.69, 9.17) is 0 Å². The fourth-order valence-corrected chi connectivity index (χ4v) is 1.85. The van der Waals surface area contributed by atoms with Crippen molar-refractivity contribution in [1.82, 2.24) is 0 Å². The second kappa shape index (κ2) is 6.49. The molecular formula is C14H21O.